The first-order valence-corrected chi connectivity index (χ1v) is 10.6. The van der Waals surface area contributed by atoms with E-state index >= 15 is 0 Å². The topological polar surface area (TPSA) is 51.5 Å². The van der Waals surface area contributed by atoms with Crippen molar-refractivity contribution in [2.75, 3.05) is 13.1 Å². The molecular weight excluding hydrogens is 360 g/mol. The van der Waals surface area contributed by atoms with Gasteiger partial charge in [-0.15, -0.1) is 11.3 Å². The zero-order valence-corrected chi connectivity index (χ0v) is 16.8. The molecule has 0 bridgehead atoms. The van der Waals surface area contributed by atoms with Crippen LogP contribution in [-0.4, -0.2) is 34.6 Å². The van der Waals surface area contributed by atoms with Gasteiger partial charge < -0.3 is 14.2 Å². The standard InChI is InChI=1S/C21H26N2O3S/c1-15-12-17(13-19(24)22(15)2)26-16-7-10-23(14-16)20(25)21(8-3-4-9-21)18-6-5-11-27-18/h5-6,11-13,16H,3-4,7-10,14H2,1-2H3/t16-/m0/s1. The summed E-state index contributed by atoms with van der Waals surface area (Å²) in [5.41, 5.74) is 0.465. The number of aryl methyl sites for hydroxylation is 1. The molecule has 0 aromatic carbocycles. The van der Waals surface area contributed by atoms with Crippen LogP contribution in [0.5, 0.6) is 5.75 Å². The molecule has 4 rings (SSSR count). The van der Waals surface area contributed by atoms with Gasteiger partial charge in [-0.2, -0.15) is 0 Å². The molecule has 2 aromatic heterocycles. The number of likely N-dealkylation sites (tertiary alicyclic amines) is 1. The number of aromatic nitrogens is 1. The highest BCUT2D eigenvalue weighted by Crippen LogP contribution is 2.45. The van der Waals surface area contributed by atoms with E-state index in [-0.39, 0.29) is 23.0 Å². The van der Waals surface area contributed by atoms with Gasteiger partial charge in [-0.25, -0.2) is 0 Å². The van der Waals surface area contributed by atoms with Crippen LogP contribution < -0.4 is 10.3 Å². The number of amides is 1. The number of hydrogen-bond donors (Lipinski definition) is 0. The molecule has 5 nitrogen and oxygen atoms in total. The predicted molar refractivity (Wildman–Crippen MR) is 106 cm³/mol. The van der Waals surface area contributed by atoms with E-state index in [4.69, 9.17) is 4.74 Å². The van der Waals surface area contributed by atoms with Gasteiger partial charge in [0.15, 0.2) is 0 Å². The second kappa shape index (κ2) is 7.15. The Morgan fingerprint density at radius 3 is 2.74 bits per heavy atom. The van der Waals surface area contributed by atoms with Crippen molar-refractivity contribution in [3.05, 3.63) is 50.6 Å². The Kier molecular flexibility index (Phi) is 4.84. The molecular formula is C21H26N2O3S. The highest BCUT2D eigenvalue weighted by molar-refractivity contribution is 7.10. The van der Waals surface area contributed by atoms with Crippen molar-refractivity contribution in [3.63, 3.8) is 0 Å². The number of hydrogen-bond acceptors (Lipinski definition) is 4. The largest absolute Gasteiger partial charge is 0.488 e. The van der Waals surface area contributed by atoms with Crippen LogP contribution in [0.25, 0.3) is 0 Å². The van der Waals surface area contributed by atoms with E-state index in [1.54, 1.807) is 23.0 Å². The van der Waals surface area contributed by atoms with Gasteiger partial charge in [0, 0.05) is 36.7 Å². The summed E-state index contributed by atoms with van der Waals surface area (Å²) in [6.45, 7) is 3.21. The molecule has 0 unspecified atom stereocenters. The molecule has 2 aliphatic rings. The van der Waals surface area contributed by atoms with Gasteiger partial charge in [0.2, 0.25) is 5.91 Å². The summed E-state index contributed by atoms with van der Waals surface area (Å²) in [6, 6.07) is 7.57. The number of ether oxygens (including phenoxy) is 1. The first kappa shape index (κ1) is 18.3. The quantitative estimate of drug-likeness (QED) is 0.811. The first-order chi connectivity index (χ1) is 13.0. The molecule has 1 saturated carbocycles. The van der Waals surface area contributed by atoms with Crippen LogP contribution in [0.4, 0.5) is 0 Å². The van der Waals surface area contributed by atoms with Crippen LogP contribution in [0.3, 0.4) is 0 Å². The van der Waals surface area contributed by atoms with E-state index in [9.17, 15) is 9.59 Å². The number of rotatable bonds is 4. The van der Waals surface area contributed by atoms with E-state index in [0.29, 0.717) is 12.3 Å². The second-order valence-electron chi connectivity index (χ2n) is 7.78. The molecule has 0 spiro atoms. The maximum absolute atomic E-state index is 13.4. The van der Waals surface area contributed by atoms with Gasteiger partial charge >= 0.3 is 0 Å². The van der Waals surface area contributed by atoms with Crippen LogP contribution in [0.2, 0.25) is 0 Å². The predicted octanol–water partition coefficient (Wildman–Crippen LogP) is 3.25. The molecule has 1 aliphatic heterocycles. The molecule has 6 heteroatoms. The van der Waals surface area contributed by atoms with Crippen LogP contribution in [-0.2, 0) is 17.3 Å². The Bertz CT molecular complexity index is 881. The highest BCUT2D eigenvalue weighted by Gasteiger charge is 2.47. The molecule has 1 aliphatic carbocycles. The second-order valence-corrected chi connectivity index (χ2v) is 8.72. The maximum Gasteiger partial charge on any atom is 0.254 e. The van der Waals surface area contributed by atoms with Crippen LogP contribution >= 0.6 is 11.3 Å². The van der Waals surface area contributed by atoms with Gasteiger partial charge in [0.1, 0.15) is 11.9 Å². The molecule has 27 heavy (non-hydrogen) atoms. The minimum absolute atomic E-state index is 0.0535. The van der Waals surface area contributed by atoms with Gasteiger partial charge in [0.05, 0.1) is 12.0 Å². The van der Waals surface area contributed by atoms with Crippen molar-refractivity contribution in [1.82, 2.24) is 9.47 Å². The van der Waals surface area contributed by atoms with Crippen LogP contribution in [0, 0.1) is 6.92 Å². The molecule has 144 valence electrons. The van der Waals surface area contributed by atoms with E-state index in [2.05, 4.69) is 11.4 Å². The Balaban J connectivity index is 1.48. The Hall–Kier alpha value is -2.08. The minimum atomic E-state index is -0.331. The summed E-state index contributed by atoms with van der Waals surface area (Å²) in [5, 5.41) is 2.07. The normalized spacial score (nSPS) is 21.6. The monoisotopic (exact) mass is 386 g/mol. The van der Waals surface area contributed by atoms with E-state index < -0.39 is 0 Å². The summed E-state index contributed by atoms with van der Waals surface area (Å²) in [5.74, 6) is 0.859. The zero-order chi connectivity index (χ0) is 19.0. The summed E-state index contributed by atoms with van der Waals surface area (Å²) in [7, 11) is 1.75. The van der Waals surface area contributed by atoms with E-state index in [1.807, 2.05) is 24.0 Å². The third kappa shape index (κ3) is 3.31. The van der Waals surface area contributed by atoms with Crippen molar-refractivity contribution in [2.24, 2.45) is 7.05 Å². The van der Waals surface area contributed by atoms with Crippen molar-refractivity contribution in [1.29, 1.82) is 0 Å². The molecule has 1 amide bonds. The zero-order valence-electron chi connectivity index (χ0n) is 15.9. The SMILES string of the molecule is Cc1cc(O[C@H]2CCN(C(=O)C3(c4cccs4)CCCC3)C2)cc(=O)n1C. The number of carbonyl (C=O) groups excluding carboxylic acids is 1. The molecule has 3 heterocycles. The summed E-state index contributed by atoms with van der Waals surface area (Å²) < 4.78 is 7.65. The summed E-state index contributed by atoms with van der Waals surface area (Å²) in [4.78, 5) is 28.6. The number of pyridine rings is 1. The fourth-order valence-corrected chi connectivity index (χ4v) is 5.38. The van der Waals surface area contributed by atoms with Crippen LogP contribution in [0.15, 0.2) is 34.4 Å². The molecule has 1 atom stereocenters. The van der Waals surface area contributed by atoms with Crippen molar-refractivity contribution >= 4 is 17.2 Å². The average molecular weight is 387 g/mol. The molecule has 0 N–H and O–H groups in total. The minimum Gasteiger partial charge on any atom is -0.488 e. The van der Waals surface area contributed by atoms with E-state index in [0.717, 1.165) is 44.3 Å². The fourth-order valence-electron chi connectivity index (χ4n) is 4.40. The fraction of sp³-hybridized carbons (Fsp3) is 0.524. The number of thiophene rings is 1. The molecule has 2 fully saturated rings. The highest BCUT2D eigenvalue weighted by atomic mass is 32.1. The van der Waals surface area contributed by atoms with Gasteiger partial charge in [-0.1, -0.05) is 18.9 Å². The third-order valence-corrected chi connectivity index (χ3v) is 7.14. The average Bonchev–Trinajstić information content (AvgIpc) is 3.39. The lowest BCUT2D eigenvalue weighted by atomic mass is 9.83. The molecule has 2 aromatic rings. The third-order valence-electron chi connectivity index (χ3n) is 6.07. The lowest BCUT2D eigenvalue weighted by molar-refractivity contribution is -0.136. The van der Waals surface area contributed by atoms with Crippen LogP contribution in [0.1, 0.15) is 42.7 Å². The molecule has 1 saturated heterocycles. The lowest BCUT2D eigenvalue weighted by Gasteiger charge is -2.31. The lowest BCUT2D eigenvalue weighted by Crippen LogP contribution is -2.44. The Labute approximate surface area is 163 Å². The first-order valence-electron chi connectivity index (χ1n) is 9.67. The Morgan fingerprint density at radius 1 is 1.30 bits per heavy atom. The number of carbonyl (C=O) groups is 1. The van der Waals surface area contributed by atoms with Crippen molar-refractivity contribution < 1.29 is 9.53 Å². The van der Waals surface area contributed by atoms with Gasteiger partial charge in [-0.05, 0) is 37.3 Å². The van der Waals surface area contributed by atoms with Gasteiger partial charge in [-0.3, -0.25) is 9.59 Å². The molecule has 0 radical (unpaired) electrons. The summed E-state index contributed by atoms with van der Waals surface area (Å²) >= 11 is 1.70. The van der Waals surface area contributed by atoms with E-state index in [1.165, 1.54) is 10.9 Å². The van der Waals surface area contributed by atoms with Gasteiger partial charge in [0.25, 0.3) is 5.56 Å². The maximum atomic E-state index is 13.4. The summed E-state index contributed by atoms with van der Waals surface area (Å²) in [6.07, 6.45) is 4.88. The smallest absolute Gasteiger partial charge is 0.254 e. The Morgan fingerprint density at radius 2 is 2.07 bits per heavy atom. The van der Waals surface area contributed by atoms with Crippen molar-refractivity contribution in [3.8, 4) is 5.75 Å². The number of nitrogens with zero attached hydrogens (tertiary/aromatic N) is 2. The van der Waals surface area contributed by atoms with Crippen molar-refractivity contribution in [2.45, 2.75) is 50.5 Å².